The SMILES string of the molecule is COc1cc2c(=O)n(CCCO)c3c4cc5c(cc4ccc3c2cc1OC)OCO5. The molecule has 2 heterocycles. The fourth-order valence-electron chi connectivity index (χ4n) is 4.17. The number of pyridine rings is 1. The van der Waals surface area contributed by atoms with Crippen molar-refractivity contribution >= 4 is 32.4 Å². The zero-order chi connectivity index (χ0) is 20.8. The first-order chi connectivity index (χ1) is 14.7. The van der Waals surface area contributed by atoms with Gasteiger partial charge in [0.05, 0.1) is 25.1 Å². The summed E-state index contributed by atoms with van der Waals surface area (Å²) in [5.41, 5.74) is 0.654. The first-order valence-electron chi connectivity index (χ1n) is 9.71. The monoisotopic (exact) mass is 407 g/mol. The minimum atomic E-state index is -0.142. The summed E-state index contributed by atoms with van der Waals surface area (Å²) < 4.78 is 23.7. The van der Waals surface area contributed by atoms with E-state index in [4.69, 9.17) is 18.9 Å². The number of fused-ring (bicyclic) bond motifs is 6. The van der Waals surface area contributed by atoms with Crippen LogP contribution < -0.4 is 24.5 Å². The number of aliphatic hydroxyl groups excluding tert-OH is 1. The van der Waals surface area contributed by atoms with Crippen LogP contribution in [0, 0.1) is 0 Å². The molecule has 3 aromatic carbocycles. The van der Waals surface area contributed by atoms with Crippen LogP contribution in [0.15, 0.2) is 41.2 Å². The van der Waals surface area contributed by atoms with Crippen molar-refractivity contribution in [3.8, 4) is 23.0 Å². The van der Waals surface area contributed by atoms with Gasteiger partial charge in [-0.25, -0.2) is 0 Å². The molecule has 1 aliphatic heterocycles. The van der Waals surface area contributed by atoms with Crippen molar-refractivity contribution in [2.24, 2.45) is 0 Å². The van der Waals surface area contributed by atoms with E-state index in [1.165, 1.54) is 0 Å². The lowest BCUT2D eigenvalue weighted by molar-refractivity contribution is 0.174. The van der Waals surface area contributed by atoms with Gasteiger partial charge in [-0.2, -0.15) is 0 Å². The molecule has 1 aliphatic rings. The number of benzene rings is 3. The van der Waals surface area contributed by atoms with Crippen LogP contribution >= 0.6 is 0 Å². The number of ether oxygens (including phenoxy) is 4. The number of methoxy groups -OCH3 is 2. The summed E-state index contributed by atoms with van der Waals surface area (Å²) in [6.45, 7) is 0.569. The van der Waals surface area contributed by atoms with Crippen molar-refractivity contribution < 1.29 is 24.1 Å². The Morgan fingerprint density at radius 2 is 1.63 bits per heavy atom. The van der Waals surface area contributed by atoms with Gasteiger partial charge >= 0.3 is 0 Å². The van der Waals surface area contributed by atoms with E-state index in [-0.39, 0.29) is 19.0 Å². The summed E-state index contributed by atoms with van der Waals surface area (Å²) in [5.74, 6) is 2.41. The highest BCUT2D eigenvalue weighted by Gasteiger charge is 2.20. The summed E-state index contributed by atoms with van der Waals surface area (Å²) in [6, 6.07) is 11.4. The van der Waals surface area contributed by atoms with Crippen LogP contribution in [0.5, 0.6) is 23.0 Å². The molecule has 30 heavy (non-hydrogen) atoms. The topological polar surface area (TPSA) is 79.2 Å². The fourth-order valence-corrected chi connectivity index (χ4v) is 4.17. The first-order valence-corrected chi connectivity index (χ1v) is 9.71. The maximum absolute atomic E-state index is 13.5. The number of aliphatic hydroxyl groups is 1. The fraction of sp³-hybridized carbons (Fsp3) is 0.261. The highest BCUT2D eigenvalue weighted by atomic mass is 16.7. The van der Waals surface area contributed by atoms with Crippen molar-refractivity contribution in [3.63, 3.8) is 0 Å². The average Bonchev–Trinajstić information content (AvgIpc) is 3.23. The van der Waals surface area contributed by atoms with E-state index >= 15 is 0 Å². The molecule has 154 valence electrons. The van der Waals surface area contributed by atoms with Crippen LogP contribution in [0.3, 0.4) is 0 Å². The Balaban J connectivity index is 1.96. The molecule has 0 fully saturated rings. The second-order valence-corrected chi connectivity index (χ2v) is 7.18. The Labute approximate surface area is 171 Å². The number of aromatic nitrogens is 1. The van der Waals surface area contributed by atoms with Gasteiger partial charge < -0.3 is 28.6 Å². The maximum Gasteiger partial charge on any atom is 0.259 e. The number of rotatable bonds is 5. The van der Waals surface area contributed by atoms with E-state index in [2.05, 4.69) is 0 Å². The Kier molecular flexibility index (Phi) is 4.40. The van der Waals surface area contributed by atoms with Gasteiger partial charge in [-0.15, -0.1) is 0 Å². The van der Waals surface area contributed by atoms with Crippen molar-refractivity contribution in [1.82, 2.24) is 4.57 Å². The maximum atomic E-state index is 13.5. The largest absolute Gasteiger partial charge is 0.493 e. The molecule has 0 saturated carbocycles. The molecule has 7 heteroatoms. The Bertz CT molecular complexity index is 1360. The molecule has 0 bridgehead atoms. The molecule has 0 aliphatic carbocycles. The molecule has 4 aromatic rings. The van der Waals surface area contributed by atoms with Gasteiger partial charge in [0.15, 0.2) is 23.0 Å². The molecular formula is C23H21NO6. The van der Waals surface area contributed by atoms with E-state index in [1.807, 2.05) is 30.3 Å². The van der Waals surface area contributed by atoms with Gasteiger partial charge in [0.2, 0.25) is 6.79 Å². The van der Waals surface area contributed by atoms with E-state index in [0.717, 1.165) is 27.1 Å². The van der Waals surface area contributed by atoms with Gasteiger partial charge in [-0.1, -0.05) is 12.1 Å². The number of aryl methyl sites for hydroxylation is 1. The molecule has 1 aromatic heterocycles. The minimum Gasteiger partial charge on any atom is -0.493 e. The summed E-state index contributed by atoms with van der Waals surface area (Å²) in [5, 5.41) is 13.5. The molecule has 0 saturated heterocycles. The summed E-state index contributed by atoms with van der Waals surface area (Å²) >= 11 is 0. The first kappa shape index (κ1) is 18.6. The second kappa shape index (κ2) is 7.11. The smallest absolute Gasteiger partial charge is 0.259 e. The number of hydrogen-bond acceptors (Lipinski definition) is 6. The van der Waals surface area contributed by atoms with Gasteiger partial charge in [0.25, 0.3) is 5.56 Å². The van der Waals surface area contributed by atoms with Gasteiger partial charge in [-0.05, 0) is 36.1 Å². The van der Waals surface area contributed by atoms with Crippen LogP contribution in [0.4, 0.5) is 0 Å². The standard InChI is InChI=1S/C23H21NO6/c1-27-18-10-16-14-5-4-13-8-20-21(30-12-29-20)9-15(13)22(14)24(6-3-7-25)23(26)17(16)11-19(18)28-2/h4-5,8-11,25H,3,6-7,12H2,1-2H3. The molecular weight excluding hydrogens is 386 g/mol. The zero-order valence-electron chi connectivity index (χ0n) is 16.7. The van der Waals surface area contributed by atoms with E-state index in [0.29, 0.717) is 41.3 Å². The van der Waals surface area contributed by atoms with E-state index in [1.54, 1.807) is 24.9 Å². The minimum absolute atomic E-state index is 0.00494. The molecule has 0 amide bonds. The van der Waals surface area contributed by atoms with Gasteiger partial charge in [0.1, 0.15) is 0 Å². The predicted molar refractivity (Wildman–Crippen MR) is 114 cm³/mol. The second-order valence-electron chi connectivity index (χ2n) is 7.18. The lowest BCUT2D eigenvalue weighted by Crippen LogP contribution is -2.22. The third-order valence-corrected chi connectivity index (χ3v) is 5.58. The van der Waals surface area contributed by atoms with Crippen molar-refractivity contribution in [1.29, 1.82) is 0 Å². The molecule has 0 radical (unpaired) electrons. The van der Waals surface area contributed by atoms with Crippen molar-refractivity contribution in [3.05, 3.63) is 46.8 Å². The van der Waals surface area contributed by atoms with Gasteiger partial charge in [-0.3, -0.25) is 4.79 Å². The van der Waals surface area contributed by atoms with Crippen LogP contribution in [-0.2, 0) is 6.54 Å². The van der Waals surface area contributed by atoms with E-state index in [9.17, 15) is 9.90 Å². The highest BCUT2D eigenvalue weighted by Crippen LogP contribution is 2.41. The van der Waals surface area contributed by atoms with Crippen LogP contribution in [0.2, 0.25) is 0 Å². The Morgan fingerprint density at radius 1 is 0.933 bits per heavy atom. The van der Waals surface area contributed by atoms with Crippen LogP contribution in [-0.4, -0.2) is 37.3 Å². The highest BCUT2D eigenvalue weighted by molar-refractivity contribution is 6.16. The lowest BCUT2D eigenvalue weighted by atomic mass is 9.99. The Hall–Kier alpha value is -3.45. The summed E-state index contributed by atoms with van der Waals surface area (Å²) in [7, 11) is 3.12. The average molecular weight is 407 g/mol. The quantitative estimate of drug-likeness (QED) is 0.511. The number of nitrogens with zero attached hydrogens (tertiary/aromatic N) is 1. The van der Waals surface area contributed by atoms with Crippen molar-refractivity contribution in [2.75, 3.05) is 27.6 Å². The van der Waals surface area contributed by atoms with Crippen LogP contribution in [0.1, 0.15) is 6.42 Å². The normalized spacial score (nSPS) is 12.8. The summed E-state index contributed by atoms with van der Waals surface area (Å²) in [4.78, 5) is 13.5. The molecule has 5 rings (SSSR count). The molecule has 0 atom stereocenters. The number of hydrogen-bond donors (Lipinski definition) is 1. The molecule has 7 nitrogen and oxygen atoms in total. The van der Waals surface area contributed by atoms with Crippen molar-refractivity contribution in [2.45, 2.75) is 13.0 Å². The summed E-state index contributed by atoms with van der Waals surface area (Å²) in [6.07, 6.45) is 0.467. The third-order valence-electron chi connectivity index (χ3n) is 5.58. The lowest BCUT2D eigenvalue weighted by Gasteiger charge is -2.17. The molecule has 0 spiro atoms. The van der Waals surface area contributed by atoms with E-state index < -0.39 is 0 Å². The molecule has 1 N–H and O–H groups in total. The van der Waals surface area contributed by atoms with Crippen LogP contribution in [0.25, 0.3) is 32.4 Å². The predicted octanol–water partition coefficient (Wildman–Crippen LogP) is 3.44. The molecule has 0 unspecified atom stereocenters. The third kappa shape index (κ3) is 2.66. The van der Waals surface area contributed by atoms with Gasteiger partial charge in [0, 0.05) is 29.3 Å². The zero-order valence-corrected chi connectivity index (χ0v) is 16.7. The Morgan fingerprint density at radius 3 is 2.33 bits per heavy atom.